The van der Waals surface area contributed by atoms with Gasteiger partial charge < -0.3 is 5.32 Å². The first kappa shape index (κ1) is 27.4. The van der Waals surface area contributed by atoms with Gasteiger partial charge in [0.15, 0.2) is 0 Å². The van der Waals surface area contributed by atoms with E-state index in [-0.39, 0.29) is 27.8 Å². The van der Waals surface area contributed by atoms with Gasteiger partial charge in [-0.05, 0) is 89.1 Å². The van der Waals surface area contributed by atoms with Crippen molar-refractivity contribution >= 4 is 34.6 Å². The monoisotopic (exact) mass is 495 g/mol. The summed E-state index contributed by atoms with van der Waals surface area (Å²) in [4.78, 5) is 21.2. The smallest absolute Gasteiger partial charge is 0.244 e. The van der Waals surface area contributed by atoms with Crippen LogP contribution in [0.5, 0.6) is 0 Å². The normalized spacial score (nSPS) is 21.1. The second kappa shape index (κ2) is 8.74. The highest BCUT2D eigenvalue weighted by Crippen LogP contribution is 2.65. The molecule has 1 fully saturated rings. The highest BCUT2D eigenvalue weighted by atomic mass is 35.5. The van der Waals surface area contributed by atoms with E-state index in [0.29, 0.717) is 10.7 Å². The zero-order valence-corrected chi connectivity index (χ0v) is 24.1. The lowest BCUT2D eigenvalue weighted by atomic mass is 9.57. The first-order valence-corrected chi connectivity index (χ1v) is 12.8. The zero-order chi connectivity index (χ0) is 26.6. The number of carbonyl (C=O) groups excluding carboxylic acids is 1. The van der Waals surface area contributed by atoms with Crippen molar-refractivity contribution in [2.75, 3.05) is 5.32 Å². The largest absolute Gasteiger partial charge is 0.323 e. The van der Waals surface area contributed by atoms with Crippen molar-refractivity contribution in [2.24, 2.45) is 15.8 Å². The molecule has 1 heterocycles. The summed E-state index contributed by atoms with van der Waals surface area (Å²) in [5, 5.41) is 3.91. The lowest BCUT2D eigenvalue weighted by Gasteiger charge is -2.52. The quantitative estimate of drug-likeness (QED) is 0.425. The minimum absolute atomic E-state index is 0.0288. The number of nitrogens with one attached hydrogen (secondary N) is 1. The zero-order valence-electron chi connectivity index (χ0n) is 23.3. The molecule has 2 aromatic carbocycles. The van der Waals surface area contributed by atoms with Crippen LogP contribution in [0.2, 0.25) is 5.02 Å². The fourth-order valence-electron chi connectivity index (χ4n) is 6.17. The molecule has 4 nitrogen and oxygen atoms in total. The number of anilines is 1. The Morgan fingerprint density at radius 3 is 1.86 bits per heavy atom. The molecule has 0 unspecified atom stereocenters. The molecule has 1 N–H and O–H groups in total. The van der Waals surface area contributed by atoms with E-state index in [2.05, 4.69) is 65.6 Å². The van der Waals surface area contributed by atoms with Crippen molar-refractivity contribution in [1.29, 1.82) is 0 Å². The number of hydrogen-bond acceptors (Lipinski definition) is 3. The molecule has 0 atom stereocenters. The van der Waals surface area contributed by atoms with Crippen LogP contribution in [0, 0.1) is 10.8 Å². The third kappa shape index (κ3) is 4.23. The maximum Gasteiger partial charge on any atom is 0.244 e. The van der Waals surface area contributed by atoms with E-state index >= 15 is 0 Å². The molecule has 0 saturated carbocycles. The number of likely N-dealkylation sites (tertiary alicyclic amines) is 1. The van der Waals surface area contributed by atoms with Crippen LogP contribution in [0.15, 0.2) is 53.5 Å². The van der Waals surface area contributed by atoms with Gasteiger partial charge in [0.25, 0.3) is 0 Å². The number of carbonyl (C=O) groups is 1. The van der Waals surface area contributed by atoms with Crippen molar-refractivity contribution in [2.45, 2.75) is 92.8 Å². The van der Waals surface area contributed by atoms with Gasteiger partial charge in [-0.15, -0.1) is 0 Å². The van der Waals surface area contributed by atoms with Crippen LogP contribution in [0.3, 0.4) is 0 Å². The van der Waals surface area contributed by atoms with Crippen LogP contribution in [0.4, 0.5) is 11.4 Å². The summed E-state index contributed by atoms with van der Waals surface area (Å²) in [6, 6.07) is 15.3. The van der Waals surface area contributed by atoms with E-state index in [0.717, 1.165) is 17.0 Å². The number of amides is 1. The van der Waals surface area contributed by atoms with E-state index in [4.69, 9.17) is 16.6 Å². The third-order valence-corrected chi connectivity index (χ3v) is 9.81. The lowest BCUT2D eigenvalue weighted by Crippen LogP contribution is -2.65. The average Bonchev–Trinajstić information content (AvgIpc) is 2.81. The molecular weight excluding hydrogens is 454 g/mol. The van der Waals surface area contributed by atoms with Crippen LogP contribution in [-0.4, -0.2) is 33.1 Å². The average molecular weight is 496 g/mol. The second-order valence-corrected chi connectivity index (χ2v) is 12.9. The number of para-hydroxylation sites is 2. The summed E-state index contributed by atoms with van der Waals surface area (Å²) < 4.78 is 0. The molecule has 0 aromatic heterocycles. The van der Waals surface area contributed by atoms with Crippen LogP contribution >= 0.6 is 11.6 Å². The minimum atomic E-state index is -0.764. The molecule has 3 rings (SSSR count). The lowest BCUT2D eigenvalue weighted by molar-refractivity contribution is -0.135. The molecule has 1 saturated heterocycles. The predicted octanol–water partition coefficient (Wildman–Crippen LogP) is 8.12. The molecule has 2 aromatic rings. The van der Waals surface area contributed by atoms with E-state index in [1.54, 1.807) is 0 Å². The minimum Gasteiger partial charge on any atom is -0.323 e. The topological polar surface area (TPSA) is 44.7 Å². The summed E-state index contributed by atoms with van der Waals surface area (Å²) in [5.74, 6) is -0.0426. The molecule has 0 radical (unpaired) electrons. The van der Waals surface area contributed by atoms with Gasteiger partial charge in [0.1, 0.15) is 0 Å². The van der Waals surface area contributed by atoms with Crippen molar-refractivity contribution < 1.29 is 4.79 Å². The first-order chi connectivity index (χ1) is 15.9. The number of rotatable bonds is 5. The van der Waals surface area contributed by atoms with Crippen molar-refractivity contribution in [3.8, 4) is 0 Å². The Morgan fingerprint density at radius 2 is 1.34 bits per heavy atom. The Labute approximate surface area is 217 Å². The number of halogens is 1. The molecule has 5 heteroatoms. The van der Waals surface area contributed by atoms with E-state index in [1.807, 2.05) is 69.3 Å². The van der Waals surface area contributed by atoms with Gasteiger partial charge in [-0.1, -0.05) is 63.6 Å². The Hall–Kier alpha value is -2.17. The Balaban J connectivity index is 1.97. The maximum atomic E-state index is 13.9. The predicted molar refractivity (Wildman–Crippen MR) is 150 cm³/mol. The fourth-order valence-corrected chi connectivity index (χ4v) is 6.30. The first-order valence-electron chi connectivity index (χ1n) is 12.4. The van der Waals surface area contributed by atoms with Crippen molar-refractivity contribution in [3.05, 3.63) is 59.1 Å². The van der Waals surface area contributed by atoms with E-state index in [9.17, 15) is 4.79 Å². The number of benzene rings is 2. The molecular formula is C30H42ClN3O. The summed E-state index contributed by atoms with van der Waals surface area (Å²) in [6.45, 7) is 24.4. The second-order valence-electron chi connectivity index (χ2n) is 12.4. The summed E-state index contributed by atoms with van der Waals surface area (Å²) in [5.41, 5.74) is 2.01. The summed E-state index contributed by atoms with van der Waals surface area (Å²) in [7, 11) is 0. The maximum absolute atomic E-state index is 13.9. The van der Waals surface area contributed by atoms with E-state index < -0.39 is 5.54 Å². The van der Waals surface area contributed by atoms with Crippen LogP contribution in [0.1, 0.15) is 81.7 Å². The Morgan fingerprint density at radius 1 is 0.857 bits per heavy atom. The SMILES string of the molecule is C/C(=N\c1ccccc1NC(=O)C(C)(C)N1C(C)(C)C(C)(C)C(C)(C)C1(C)C)c1ccc(Cl)cc1. The number of hydrogen-bond donors (Lipinski definition) is 1. The molecule has 0 bridgehead atoms. The number of aliphatic imine (C=N–C) groups is 1. The molecule has 1 aliphatic heterocycles. The molecule has 0 spiro atoms. The molecule has 0 aliphatic carbocycles. The molecule has 190 valence electrons. The standard InChI is InChI=1S/C30H42ClN3O/c1-20(21-16-18-22(31)19-17-21)32-23-14-12-13-15-24(23)33-25(35)26(2,3)34-29(8,9)27(4,5)28(6,7)30(34,10)11/h12-19H,1-11H3,(H,33,35)/b32-20+. The Kier molecular flexibility index (Phi) is 6.85. The molecule has 1 aliphatic rings. The summed E-state index contributed by atoms with van der Waals surface area (Å²) >= 11 is 6.04. The van der Waals surface area contributed by atoms with E-state index in [1.165, 1.54) is 0 Å². The van der Waals surface area contributed by atoms with Gasteiger partial charge in [0, 0.05) is 21.8 Å². The van der Waals surface area contributed by atoms with Gasteiger partial charge in [0.2, 0.25) is 5.91 Å². The molecule has 35 heavy (non-hydrogen) atoms. The number of nitrogens with zero attached hydrogens (tertiary/aromatic N) is 2. The third-order valence-electron chi connectivity index (χ3n) is 9.56. The van der Waals surface area contributed by atoms with Crippen molar-refractivity contribution in [3.63, 3.8) is 0 Å². The fraction of sp³-hybridized carbons (Fsp3) is 0.533. The highest BCUT2D eigenvalue weighted by Gasteiger charge is 2.70. The summed E-state index contributed by atoms with van der Waals surface area (Å²) in [6.07, 6.45) is 0. The van der Waals surface area contributed by atoms with Gasteiger partial charge in [0.05, 0.1) is 16.9 Å². The van der Waals surface area contributed by atoms with Crippen LogP contribution in [0.25, 0.3) is 0 Å². The molecule has 1 amide bonds. The Bertz CT molecular complexity index is 1110. The highest BCUT2D eigenvalue weighted by molar-refractivity contribution is 6.30. The van der Waals surface area contributed by atoms with Gasteiger partial charge in [-0.25, -0.2) is 0 Å². The van der Waals surface area contributed by atoms with Gasteiger partial charge >= 0.3 is 0 Å². The van der Waals surface area contributed by atoms with Gasteiger partial charge in [-0.2, -0.15) is 0 Å². The van der Waals surface area contributed by atoms with Crippen LogP contribution < -0.4 is 5.32 Å². The van der Waals surface area contributed by atoms with Crippen LogP contribution in [-0.2, 0) is 4.79 Å². The van der Waals surface area contributed by atoms with Gasteiger partial charge in [-0.3, -0.25) is 14.7 Å². The van der Waals surface area contributed by atoms with Crippen molar-refractivity contribution in [1.82, 2.24) is 4.90 Å².